The molecule has 0 aliphatic heterocycles. The molecule has 20 heavy (non-hydrogen) atoms. The first kappa shape index (κ1) is 12.7. The van der Waals surface area contributed by atoms with Crippen LogP contribution in [0.2, 0.25) is 0 Å². The van der Waals surface area contributed by atoms with Crippen molar-refractivity contribution in [1.82, 2.24) is 0 Å². The summed E-state index contributed by atoms with van der Waals surface area (Å²) in [7, 11) is 0. The second-order valence-electron chi connectivity index (χ2n) is 4.97. The highest BCUT2D eigenvalue weighted by Crippen LogP contribution is 2.22. The third-order valence-corrected chi connectivity index (χ3v) is 3.49. The average Bonchev–Trinajstić information content (AvgIpc) is 2.55. The van der Waals surface area contributed by atoms with Crippen LogP contribution in [-0.2, 0) is 0 Å². The summed E-state index contributed by atoms with van der Waals surface area (Å²) in [5.41, 5.74) is 3.82. The molecule has 0 radical (unpaired) electrons. The molecular weight excluding hydrogens is 244 g/mol. The van der Waals surface area contributed by atoms with Crippen LogP contribution in [0.15, 0.2) is 78.4 Å². The van der Waals surface area contributed by atoms with Crippen LogP contribution in [-0.4, -0.2) is 6.61 Å². The molecule has 0 fully saturated rings. The zero-order valence-electron chi connectivity index (χ0n) is 11.5. The van der Waals surface area contributed by atoms with Crippen molar-refractivity contribution in [2.24, 2.45) is 0 Å². The molecule has 0 aromatic heterocycles. The highest BCUT2D eigenvalue weighted by atomic mass is 16.5. The fourth-order valence-corrected chi connectivity index (χ4v) is 2.32. The van der Waals surface area contributed by atoms with Crippen molar-refractivity contribution >= 4 is 0 Å². The largest absolute Gasteiger partial charge is 0.489 e. The minimum absolute atomic E-state index is 0.690. The van der Waals surface area contributed by atoms with Crippen LogP contribution in [0.25, 0.3) is 11.1 Å². The molecule has 100 valence electrons. The van der Waals surface area contributed by atoms with Crippen LogP contribution < -0.4 is 4.74 Å². The fraction of sp³-hybridized carbons (Fsp3) is 0.158. The second kappa shape index (κ2) is 6.25. The van der Waals surface area contributed by atoms with Crippen LogP contribution in [0.3, 0.4) is 0 Å². The Morgan fingerprint density at radius 1 is 0.850 bits per heavy atom. The van der Waals surface area contributed by atoms with E-state index in [1.54, 1.807) is 0 Å². The van der Waals surface area contributed by atoms with Crippen LogP contribution in [0.1, 0.15) is 12.8 Å². The summed E-state index contributed by atoms with van der Waals surface area (Å²) in [6.45, 7) is 0.690. The Morgan fingerprint density at radius 2 is 1.60 bits per heavy atom. The van der Waals surface area contributed by atoms with E-state index in [4.69, 9.17) is 4.74 Å². The Labute approximate surface area is 120 Å². The van der Waals surface area contributed by atoms with Crippen molar-refractivity contribution in [1.29, 1.82) is 0 Å². The average molecular weight is 262 g/mol. The summed E-state index contributed by atoms with van der Waals surface area (Å²) in [5.74, 6) is 0.931. The summed E-state index contributed by atoms with van der Waals surface area (Å²) >= 11 is 0. The number of ether oxygens (including phenoxy) is 1. The van der Waals surface area contributed by atoms with Gasteiger partial charge in [0, 0.05) is 0 Å². The Balaban J connectivity index is 1.64. The van der Waals surface area contributed by atoms with Gasteiger partial charge in [0.1, 0.15) is 12.4 Å². The molecule has 0 bridgehead atoms. The molecule has 1 nitrogen and oxygen atoms in total. The minimum atomic E-state index is 0.690. The fourth-order valence-electron chi connectivity index (χ4n) is 2.32. The smallest absolute Gasteiger partial charge is 0.119 e. The Hall–Kier alpha value is -2.28. The molecule has 2 aromatic rings. The van der Waals surface area contributed by atoms with Crippen molar-refractivity contribution in [3.05, 3.63) is 78.4 Å². The van der Waals surface area contributed by atoms with E-state index in [0.717, 1.165) is 18.6 Å². The predicted molar refractivity (Wildman–Crippen MR) is 83.8 cm³/mol. The lowest BCUT2D eigenvalue weighted by molar-refractivity contribution is 0.347. The third kappa shape index (κ3) is 3.18. The molecule has 2 aromatic carbocycles. The van der Waals surface area contributed by atoms with E-state index in [-0.39, 0.29) is 0 Å². The van der Waals surface area contributed by atoms with Gasteiger partial charge in [0.15, 0.2) is 0 Å². The normalized spacial score (nSPS) is 13.9. The maximum absolute atomic E-state index is 5.83. The van der Waals surface area contributed by atoms with Gasteiger partial charge in [0.2, 0.25) is 0 Å². The Bertz CT molecular complexity index is 606. The standard InChI is InChI=1S/C19H18O/c1-3-7-16(8-4-1)15-20-19-13-11-18(12-14-19)17-9-5-2-6-10-17/h1-3,5-7,9-14H,4,8,15H2. The number of rotatable bonds is 4. The molecule has 1 aliphatic carbocycles. The van der Waals surface area contributed by atoms with Crippen molar-refractivity contribution in [3.8, 4) is 16.9 Å². The molecule has 0 N–H and O–H groups in total. The van der Waals surface area contributed by atoms with Crippen molar-refractivity contribution in [2.75, 3.05) is 6.61 Å². The first-order valence-corrected chi connectivity index (χ1v) is 7.05. The second-order valence-corrected chi connectivity index (χ2v) is 4.97. The Morgan fingerprint density at radius 3 is 2.30 bits per heavy atom. The quantitative estimate of drug-likeness (QED) is 0.752. The first-order valence-electron chi connectivity index (χ1n) is 7.05. The molecular formula is C19H18O. The maximum atomic E-state index is 5.83. The molecule has 3 rings (SSSR count). The van der Waals surface area contributed by atoms with Gasteiger partial charge in [-0.25, -0.2) is 0 Å². The predicted octanol–water partition coefficient (Wildman–Crippen LogP) is 5.01. The van der Waals surface area contributed by atoms with Gasteiger partial charge in [-0.2, -0.15) is 0 Å². The van der Waals surface area contributed by atoms with Gasteiger partial charge in [-0.05, 0) is 41.7 Å². The summed E-state index contributed by atoms with van der Waals surface area (Å²) in [6, 6.07) is 18.7. The molecule has 0 spiro atoms. The van der Waals surface area contributed by atoms with Crippen molar-refractivity contribution in [3.63, 3.8) is 0 Å². The monoisotopic (exact) mass is 262 g/mol. The zero-order valence-corrected chi connectivity index (χ0v) is 11.5. The summed E-state index contributed by atoms with van der Waals surface area (Å²) in [4.78, 5) is 0. The number of allylic oxidation sites excluding steroid dienone is 3. The van der Waals surface area contributed by atoms with Gasteiger partial charge < -0.3 is 4.74 Å². The van der Waals surface area contributed by atoms with Gasteiger partial charge in [-0.3, -0.25) is 0 Å². The van der Waals surface area contributed by atoms with Crippen molar-refractivity contribution < 1.29 is 4.74 Å². The van der Waals surface area contributed by atoms with E-state index >= 15 is 0 Å². The van der Waals surface area contributed by atoms with E-state index in [0.29, 0.717) is 6.61 Å². The molecule has 1 heteroatoms. The molecule has 0 saturated heterocycles. The van der Waals surface area contributed by atoms with Gasteiger partial charge in [-0.1, -0.05) is 60.7 Å². The topological polar surface area (TPSA) is 9.23 Å². The van der Waals surface area contributed by atoms with Crippen LogP contribution in [0.5, 0.6) is 5.75 Å². The molecule has 0 saturated carbocycles. The maximum Gasteiger partial charge on any atom is 0.119 e. The first-order chi connectivity index (χ1) is 9.92. The molecule has 1 aliphatic rings. The van der Waals surface area contributed by atoms with Gasteiger partial charge in [-0.15, -0.1) is 0 Å². The van der Waals surface area contributed by atoms with Crippen LogP contribution >= 0.6 is 0 Å². The van der Waals surface area contributed by atoms with Gasteiger partial charge in [0.05, 0.1) is 0 Å². The lowest BCUT2D eigenvalue weighted by Gasteiger charge is -2.11. The number of hydrogen-bond acceptors (Lipinski definition) is 1. The van der Waals surface area contributed by atoms with Gasteiger partial charge in [0.25, 0.3) is 0 Å². The third-order valence-electron chi connectivity index (χ3n) is 3.49. The van der Waals surface area contributed by atoms with E-state index in [9.17, 15) is 0 Å². The number of hydrogen-bond donors (Lipinski definition) is 0. The lowest BCUT2D eigenvalue weighted by atomic mass is 10.1. The molecule has 0 heterocycles. The summed E-state index contributed by atoms with van der Waals surface area (Å²) < 4.78 is 5.83. The van der Waals surface area contributed by atoms with Crippen molar-refractivity contribution in [2.45, 2.75) is 12.8 Å². The zero-order chi connectivity index (χ0) is 13.6. The highest BCUT2D eigenvalue weighted by molar-refractivity contribution is 5.63. The Kier molecular flexibility index (Phi) is 3.98. The summed E-state index contributed by atoms with van der Waals surface area (Å²) in [5, 5.41) is 0. The van der Waals surface area contributed by atoms with Gasteiger partial charge >= 0.3 is 0 Å². The number of benzene rings is 2. The SMILES string of the molecule is C1=CCCC(COc2ccc(-c3ccccc3)cc2)=C1. The minimum Gasteiger partial charge on any atom is -0.489 e. The molecule has 0 atom stereocenters. The molecule has 0 unspecified atom stereocenters. The van der Waals surface area contributed by atoms with Crippen LogP contribution in [0.4, 0.5) is 0 Å². The highest BCUT2D eigenvalue weighted by Gasteiger charge is 2.02. The van der Waals surface area contributed by atoms with E-state index in [1.807, 2.05) is 18.2 Å². The molecule has 0 amide bonds. The summed E-state index contributed by atoms with van der Waals surface area (Å²) in [6.07, 6.45) is 8.70. The van der Waals surface area contributed by atoms with E-state index < -0.39 is 0 Å². The van der Waals surface area contributed by atoms with E-state index in [2.05, 4.69) is 54.6 Å². The lowest BCUT2D eigenvalue weighted by Crippen LogP contribution is -2.02. The van der Waals surface area contributed by atoms with E-state index in [1.165, 1.54) is 16.7 Å². The van der Waals surface area contributed by atoms with Crippen LogP contribution in [0, 0.1) is 0 Å².